The third-order valence-corrected chi connectivity index (χ3v) is 3.60. The van der Waals surface area contributed by atoms with Crippen LogP contribution in [0.5, 0.6) is 5.75 Å². The van der Waals surface area contributed by atoms with Crippen molar-refractivity contribution < 1.29 is 9.53 Å². The number of amides is 1. The molecule has 0 aliphatic heterocycles. The Balaban J connectivity index is 2.26. The van der Waals surface area contributed by atoms with Crippen LogP contribution in [-0.4, -0.2) is 13.0 Å². The Hall–Kier alpha value is -1.23. The molecule has 0 spiro atoms. The summed E-state index contributed by atoms with van der Waals surface area (Å²) in [6.45, 7) is 0. The minimum Gasteiger partial charge on any atom is -0.494 e. The zero-order valence-corrected chi connectivity index (χ0v) is 13.5. The third kappa shape index (κ3) is 3.45. The second-order valence-electron chi connectivity index (χ2n) is 3.94. The van der Waals surface area contributed by atoms with Gasteiger partial charge in [0.25, 0.3) is 5.91 Å². The summed E-state index contributed by atoms with van der Waals surface area (Å²) in [4.78, 5) is 12.1. The van der Waals surface area contributed by atoms with E-state index in [0.29, 0.717) is 27.0 Å². The van der Waals surface area contributed by atoms with E-state index in [4.69, 9.17) is 27.9 Å². The van der Waals surface area contributed by atoms with Gasteiger partial charge in [-0.25, -0.2) is 0 Å². The van der Waals surface area contributed by atoms with Crippen LogP contribution in [0, 0.1) is 0 Å². The Morgan fingerprint density at radius 2 is 1.85 bits per heavy atom. The summed E-state index contributed by atoms with van der Waals surface area (Å²) >= 11 is 15.4. The number of nitrogens with one attached hydrogen (secondary N) is 1. The van der Waals surface area contributed by atoms with Crippen LogP contribution in [0.25, 0.3) is 0 Å². The van der Waals surface area contributed by atoms with Crippen molar-refractivity contribution in [3.63, 3.8) is 0 Å². The molecule has 0 heterocycles. The number of benzene rings is 2. The minimum atomic E-state index is -0.297. The molecule has 0 aromatic heterocycles. The van der Waals surface area contributed by atoms with Crippen LogP contribution in [0.3, 0.4) is 0 Å². The molecule has 0 aliphatic carbocycles. The summed E-state index contributed by atoms with van der Waals surface area (Å²) in [5.74, 6) is 0.0573. The summed E-state index contributed by atoms with van der Waals surface area (Å²) in [6.07, 6.45) is 0. The molecule has 0 fully saturated rings. The molecule has 0 bridgehead atoms. The van der Waals surface area contributed by atoms with E-state index in [0.717, 1.165) is 4.47 Å². The van der Waals surface area contributed by atoms with Crippen LogP contribution < -0.4 is 10.1 Å². The van der Waals surface area contributed by atoms with E-state index in [9.17, 15) is 4.79 Å². The maximum absolute atomic E-state index is 12.1. The van der Waals surface area contributed by atoms with Gasteiger partial charge in [-0.2, -0.15) is 0 Å². The van der Waals surface area contributed by atoms with Crippen LogP contribution in [0.4, 0.5) is 5.69 Å². The van der Waals surface area contributed by atoms with E-state index in [1.807, 2.05) is 12.1 Å². The molecule has 3 nitrogen and oxygen atoms in total. The molecule has 2 aromatic carbocycles. The van der Waals surface area contributed by atoms with Gasteiger partial charge in [0.15, 0.2) is 5.75 Å². The number of hydrogen-bond donors (Lipinski definition) is 1. The fourth-order valence-electron chi connectivity index (χ4n) is 1.66. The molecule has 1 N–H and O–H groups in total. The van der Waals surface area contributed by atoms with Crippen molar-refractivity contribution >= 4 is 50.7 Å². The van der Waals surface area contributed by atoms with Gasteiger partial charge in [0.1, 0.15) is 0 Å². The average molecular weight is 375 g/mol. The number of methoxy groups -OCH3 is 1. The molecule has 0 aliphatic rings. The van der Waals surface area contributed by atoms with E-state index >= 15 is 0 Å². The minimum absolute atomic E-state index is 0.291. The number of rotatable bonds is 3. The molecule has 0 unspecified atom stereocenters. The van der Waals surface area contributed by atoms with Crippen LogP contribution in [0.1, 0.15) is 10.4 Å². The quantitative estimate of drug-likeness (QED) is 0.819. The maximum Gasteiger partial charge on any atom is 0.255 e. The van der Waals surface area contributed by atoms with Crippen molar-refractivity contribution in [1.82, 2.24) is 0 Å². The highest BCUT2D eigenvalue weighted by molar-refractivity contribution is 9.10. The highest BCUT2D eigenvalue weighted by Crippen LogP contribution is 2.34. The summed E-state index contributed by atoms with van der Waals surface area (Å²) in [5, 5.41) is 3.35. The summed E-state index contributed by atoms with van der Waals surface area (Å²) < 4.78 is 5.92. The number of anilines is 1. The van der Waals surface area contributed by atoms with E-state index in [-0.39, 0.29) is 5.91 Å². The normalized spacial score (nSPS) is 10.2. The Kier molecular flexibility index (Phi) is 4.91. The fourth-order valence-corrected chi connectivity index (χ4v) is 2.70. The van der Waals surface area contributed by atoms with Gasteiger partial charge >= 0.3 is 0 Å². The van der Waals surface area contributed by atoms with E-state index < -0.39 is 0 Å². The third-order valence-electron chi connectivity index (χ3n) is 2.55. The highest BCUT2D eigenvalue weighted by Gasteiger charge is 2.13. The molecule has 20 heavy (non-hydrogen) atoms. The van der Waals surface area contributed by atoms with Crippen molar-refractivity contribution in [2.75, 3.05) is 12.4 Å². The topological polar surface area (TPSA) is 38.3 Å². The van der Waals surface area contributed by atoms with Gasteiger partial charge < -0.3 is 10.1 Å². The first kappa shape index (κ1) is 15.2. The standard InChI is InChI=1S/C14H10BrCl2NO2/c1-20-13-11(16)5-8(6-12(13)17)14(19)18-10-4-2-3-9(15)7-10/h2-7H,1H3,(H,18,19). The lowest BCUT2D eigenvalue weighted by Crippen LogP contribution is -2.12. The van der Waals surface area contributed by atoms with Gasteiger partial charge in [0, 0.05) is 15.7 Å². The van der Waals surface area contributed by atoms with Crippen molar-refractivity contribution in [2.45, 2.75) is 0 Å². The van der Waals surface area contributed by atoms with Crippen LogP contribution in [0.15, 0.2) is 40.9 Å². The predicted octanol–water partition coefficient (Wildman–Crippen LogP) is 5.02. The molecule has 0 radical (unpaired) electrons. The molecule has 0 saturated carbocycles. The second kappa shape index (κ2) is 6.48. The molecule has 1 amide bonds. The Morgan fingerprint density at radius 1 is 1.20 bits per heavy atom. The lowest BCUT2D eigenvalue weighted by Gasteiger charge is -2.09. The van der Waals surface area contributed by atoms with E-state index in [1.54, 1.807) is 12.1 Å². The van der Waals surface area contributed by atoms with Crippen LogP contribution >= 0.6 is 39.1 Å². The number of ether oxygens (including phenoxy) is 1. The van der Waals surface area contributed by atoms with Crippen molar-refractivity contribution in [1.29, 1.82) is 0 Å². The fraction of sp³-hybridized carbons (Fsp3) is 0.0714. The summed E-state index contributed by atoms with van der Waals surface area (Å²) in [6, 6.07) is 10.3. The van der Waals surface area contributed by atoms with E-state index in [1.165, 1.54) is 19.2 Å². The van der Waals surface area contributed by atoms with Gasteiger partial charge in [-0.15, -0.1) is 0 Å². The van der Waals surface area contributed by atoms with Gasteiger partial charge in [-0.05, 0) is 30.3 Å². The Bertz CT molecular complexity index is 638. The predicted molar refractivity (Wildman–Crippen MR) is 85.1 cm³/mol. The molecular weight excluding hydrogens is 365 g/mol. The number of hydrogen-bond acceptors (Lipinski definition) is 2. The van der Waals surface area contributed by atoms with Crippen molar-refractivity contribution in [2.24, 2.45) is 0 Å². The number of carbonyl (C=O) groups excluding carboxylic acids is 1. The zero-order chi connectivity index (χ0) is 14.7. The molecule has 2 aromatic rings. The highest BCUT2D eigenvalue weighted by atomic mass is 79.9. The van der Waals surface area contributed by atoms with E-state index in [2.05, 4.69) is 21.2 Å². The number of carbonyl (C=O) groups is 1. The van der Waals surface area contributed by atoms with Gasteiger partial charge in [-0.1, -0.05) is 45.2 Å². The summed E-state index contributed by atoms with van der Waals surface area (Å²) in [5.41, 5.74) is 1.04. The monoisotopic (exact) mass is 373 g/mol. The zero-order valence-electron chi connectivity index (χ0n) is 10.4. The Labute approximate surface area is 135 Å². The molecular formula is C14H10BrCl2NO2. The molecule has 104 valence electrons. The maximum atomic E-state index is 12.1. The van der Waals surface area contributed by atoms with Crippen molar-refractivity contribution in [3.8, 4) is 5.75 Å². The largest absolute Gasteiger partial charge is 0.494 e. The second-order valence-corrected chi connectivity index (χ2v) is 5.67. The smallest absolute Gasteiger partial charge is 0.255 e. The number of halogens is 3. The first-order valence-corrected chi connectivity index (χ1v) is 7.16. The lowest BCUT2D eigenvalue weighted by molar-refractivity contribution is 0.102. The first-order chi connectivity index (χ1) is 9.51. The average Bonchev–Trinajstić information content (AvgIpc) is 2.38. The van der Waals surface area contributed by atoms with Gasteiger partial charge in [0.2, 0.25) is 0 Å². The van der Waals surface area contributed by atoms with Crippen LogP contribution in [-0.2, 0) is 0 Å². The Morgan fingerprint density at radius 3 is 2.40 bits per heavy atom. The molecule has 2 rings (SSSR count). The molecule has 0 saturated heterocycles. The lowest BCUT2D eigenvalue weighted by atomic mass is 10.2. The van der Waals surface area contributed by atoms with Crippen LogP contribution in [0.2, 0.25) is 10.0 Å². The van der Waals surface area contributed by atoms with Crippen molar-refractivity contribution in [3.05, 3.63) is 56.5 Å². The van der Waals surface area contributed by atoms with Gasteiger partial charge in [0.05, 0.1) is 17.2 Å². The van der Waals surface area contributed by atoms with Gasteiger partial charge in [-0.3, -0.25) is 4.79 Å². The SMILES string of the molecule is COc1c(Cl)cc(C(=O)Nc2cccc(Br)c2)cc1Cl. The summed E-state index contributed by atoms with van der Waals surface area (Å²) in [7, 11) is 1.47. The molecule has 6 heteroatoms. The first-order valence-electron chi connectivity index (χ1n) is 5.61. The molecule has 0 atom stereocenters.